The molecule has 0 spiro atoms. The number of hydrogen-bond acceptors (Lipinski definition) is 5. The van der Waals surface area contributed by atoms with Gasteiger partial charge in [0.1, 0.15) is 6.33 Å². The fourth-order valence-electron chi connectivity index (χ4n) is 2.16. The fourth-order valence-corrected chi connectivity index (χ4v) is 2.16. The van der Waals surface area contributed by atoms with Crippen molar-refractivity contribution in [3.63, 3.8) is 0 Å². The Morgan fingerprint density at radius 2 is 2.24 bits per heavy atom. The first kappa shape index (κ1) is 10.6. The molecule has 6 heteroatoms. The number of hydrogen-bond donors (Lipinski definition) is 1. The predicted octanol–water partition coefficient (Wildman–Crippen LogP) is -0.0804. The lowest BCUT2D eigenvalue weighted by Crippen LogP contribution is -2.28. The van der Waals surface area contributed by atoms with E-state index in [1.54, 1.807) is 12.5 Å². The molecule has 0 atom stereocenters. The Morgan fingerprint density at radius 1 is 1.24 bits per heavy atom. The van der Waals surface area contributed by atoms with Crippen molar-refractivity contribution >= 4 is 5.65 Å². The molecule has 1 saturated heterocycles. The Bertz CT molecular complexity index is 485. The van der Waals surface area contributed by atoms with E-state index in [2.05, 4.69) is 25.4 Å². The van der Waals surface area contributed by atoms with E-state index in [1.807, 2.05) is 10.5 Å². The smallest absolute Gasteiger partial charge is 0.163 e. The SMILES string of the molecule is c1cc2nnc(CN3CCCNCC3)n2cn1. The molecule has 0 saturated carbocycles. The summed E-state index contributed by atoms with van der Waals surface area (Å²) in [5.41, 5.74) is 0.864. The molecule has 0 amide bonds. The summed E-state index contributed by atoms with van der Waals surface area (Å²) in [6, 6.07) is 1.88. The number of aromatic nitrogens is 4. The Kier molecular flexibility index (Phi) is 2.98. The maximum absolute atomic E-state index is 4.23. The largest absolute Gasteiger partial charge is 0.315 e. The normalized spacial score (nSPS) is 18.4. The van der Waals surface area contributed by atoms with Crippen LogP contribution in [-0.4, -0.2) is 50.7 Å². The van der Waals surface area contributed by atoms with E-state index in [-0.39, 0.29) is 0 Å². The van der Waals surface area contributed by atoms with E-state index in [0.29, 0.717) is 0 Å². The van der Waals surface area contributed by atoms with Gasteiger partial charge in [-0.15, -0.1) is 10.2 Å². The van der Waals surface area contributed by atoms with Gasteiger partial charge in [0.15, 0.2) is 11.5 Å². The highest BCUT2D eigenvalue weighted by atomic mass is 15.3. The number of nitrogens with zero attached hydrogens (tertiary/aromatic N) is 5. The molecule has 1 aliphatic rings. The molecule has 3 rings (SSSR count). The molecular formula is C11H16N6. The van der Waals surface area contributed by atoms with Gasteiger partial charge >= 0.3 is 0 Å². The maximum atomic E-state index is 4.23. The summed E-state index contributed by atoms with van der Waals surface area (Å²) in [5.74, 6) is 0.968. The van der Waals surface area contributed by atoms with Crippen molar-refractivity contribution in [1.29, 1.82) is 0 Å². The minimum absolute atomic E-state index is 0.842. The van der Waals surface area contributed by atoms with Gasteiger partial charge in [-0.2, -0.15) is 0 Å². The van der Waals surface area contributed by atoms with E-state index in [4.69, 9.17) is 0 Å². The summed E-state index contributed by atoms with van der Waals surface area (Å²) in [4.78, 5) is 6.52. The molecule has 90 valence electrons. The summed E-state index contributed by atoms with van der Waals surface area (Å²) < 4.78 is 1.96. The molecule has 1 fully saturated rings. The molecule has 0 aromatic carbocycles. The molecule has 2 aromatic rings. The highest BCUT2D eigenvalue weighted by Gasteiger charge is 2.12. The molecule has 1 N–H and O–H groups in total. The van der Waals surface area contributed by atoms with Crippen LogP contribution in [0.25, 0.3) is 5.65 Å². The van der Waals surface area contributed by atoms with Gasteiger partial charge in [0.2, 0.25) is 0 Å². The summed E-state index contributed by atoms with van der Waals surface area (Å²) in [7, 11) is 0. The first-order chi connectivity index (χ1) is 8.43. The zero-order chi connectivity index (χ0) is 11.5. The van der Waals surface area contributed by atoms with E-state index in [0.717, 1.165) is 44.2 Å². The monoisotopic (exact) mass is 232 g/mol. The lowest BCUT2D eigenvalue weighted by molar-refractivity contribution is 0.276. The van der Waals surface area contributed by atoms with Gasteiger partial charge in [-0.3, -0.25) is 9.30 Å². The van der Waals surface area contributed by atoms with Crippen LogP contribution in [0, 0.1) is 0 Å². The molecule has 0 aliphatic carbocycles. The second-order valence-corrected chi connectivity index (χ2v) is 4.30. The van der Waals surface area contributed by atoms with Crippen molar-refractivity contribution in [2.75, 3.05) is 26.2 Å². The second kappa shape index (κ2) is 4.77. The Morgan fingerprint density at radius 3 is 3.24 bits per heavy atom. The molecule has 17 heavy (non-hydrogen) atoms. The van der Waals surface area contributed by atoms with E-state index < -0.39 is 0 Å². The zero-order valence-corrected chi connectivity index (χ0v) is 9.71. The molecule has 0 unspecified atom stereocenters. The van der Waals surface area contributed by atoms with Gasteiger partial charge < -0.3 is 5.32 Å². The Hall–Kier alpha value is -1.53. The minimum atomic E-state index is 0.842. The van der Waals surface area contributed by atoms with Gasteiger partial charge in [0, 0.05) is 25.4 Å². The highest BCUT2D eigenvalue weighted by Crippen LogP contribution is 2.06. The molecule has 6 nitrogen and oxygen atoms in total. The van der Waals surface area contributed by atoms with Crippen LogP contribution in [0.3, 0.4) is 0 Å². The number of nitrogens with one attached hydrogen (secondary N) is 1. The lowest BCUT2D eigenvalue weighted by Gasteiger charge is -2.17. The third-order valence-electron chi connectivity index (χ3n) is 3.08. The maximum Gasteiger partial charge on any atom is 0.163 e. The van der Waals surface area contributed by atoms with Crippen LogP contribution in [0.1, 0.15) is 12.2 Å². The Labute approximate surface area is 99.7 Å². The molecule has 0 radical (unpaired) electrons. The minimum Gasteiger partial charge on any atom is -0.315 e. The lowest BCUT2D eigenvalue weighted by atomic mass is 10.4. The van der Waals surface area contributed by atoms with Crippen LogP contribution in [-0.2, 0) is 6.54 Å². The van der Waals surface area contributed by atoms with Crippen LogP contribution < -0.4 is 5.32 Å². The standard InChI is InChI=1S/C11H16N6/c1-3-12-5-7-16(6-1)8-11-15-14-10-2-4-13-9-17(10)11/h2,4,9,12H,1,3,5-8H2. The molecule has 0 bridgehead atoms. The average molecular weight is 232 g/mol. The average Bonchev–Trinajstić information content (AvgIpc) is 2.59. The van der Waals surface area contributed by atoms with Crippen molar-refractivity contribution in [2.45, 2.75) is 13.0 Å². The van der Waals surface area contributed by atoms with E-state index >= 15 is 0 Å². The summed E-state index contributed by atoms with van der Waals surface area (Å²) in [6.07, 6.45) is 4.71. The van der Waals surface area contributed by atoms with Gasteiger partial charge in [0.25, 0.3) is 0 Å². The van der Waals surface area contributed by atoms with Gasteiger partial charge in [0.05, 0.1) is 6.54 Å². The van der Waals surface area contributed by atoms with Crippen molar-refractivity contribution in [1.82, 2.24) is 29.8 Å². The summed E-state index contributed by atoms with van der Waals surface area (Å²) >= 11 is 0. The van der Waals surface area contributed by atoms with Crippen molar-refractivity contribution in [2.24, 2.45) is 0 Å². The van der Waals surface area contributed by atoms with Gasteiger partial charge in [-0.1, -0.05) is 0 Å². The Balaban J connectivity index is 1.79. The predicted molar refractivity (Wildman–Crippen MR) is 63.5 cm³/mol. The van der Waals surface area contributed by atoms with Crippen LogP contribution >= 0.6 is 0 Å². The highest BCUT2D eigenvalue weighted by molar-refractivity contribution is 5.35. The summed E-state index contributed by atoms with van der Waals surface area (Å²) in [5, 5.41) is 11.8. The quantitative estimate of drug-likeness (QED) is 0.785. The van der Waals surface area contributed by atoms with Crippen molar-refractivity contribution in [3.8, 4) is 0 Å². The van der Waals surface area contributed by atoms with Gasteiger partial charge in [-0.25, -0.2) is 4.98 Å². The number of fused-ring (bicyclic) bond motifs is 1. The molecule has 1 aliphatic heterocycles. The van der Waals surface area contributed by atoms with Crippen LogP contribution in [0.4, 0.5) is 0 Å². The van der Waals surface area contributed by atoms with Crippen LogP contribution in [0.15, 0.2) is 18.6 Å². The molecule has 3 heterocycles. The van der Waals surface area contributed by atoms with Gasteiger partial charge in [-0.05, 0) is 19.5 Å². The fraction of sp³-hybridized carbons (Fsp3) is 0.545. The molecule has 2 aromatic heterocycles. The molecular weight excluding hydrogens is 216 g/mol. The van der Waals surface area contributed by atoms with Crippen molar-refractivity contribution in [3.05, 3.63) is 24.4 Å². The van der Waals surface area contributed by atoms with Crippen molar-refractivity contribution < 1.29 is 0 Å². The van der Waals surface area contributed by atoms with Crippen LogP contribution in [0.5, 0.6) is 0 Å². The number of rotatable bonds is 2. The van der Waals surface area contributed by atoms with E-state index in [1.165, 1.54) is 6.42 Å². The second-order valence-electron chi connectivity index (χ2n) is 4.30. The third-order valence-corrected chi connectivity index (χ3v) is 3.08. The summed E-state index contributed by atoms with van der Waals surface area (Å²) in [6.45, 7) is 5.18. The van der Waals surface area contributed by atoms with E-state index in [9.17, 15) is 0 Å². The zero-order valence-electron chi connectivity index (χ0n) is 9.71. The third kappa shape index (κ3) is 2.27. The first-order valence-electron chi connectivity index (χ1n) is 6.00. The topological polar surface area (TPSA) is 58.4 Å². The van der Waals surface area contributed by atoms with Crippen LogP contribution in [0.2, 0.25) is 0 Å². The first-order valence-corrected chi connectivity index (χ1v) is 6.00.